The number of rotatable bonds is 0. The molecular weight excluding hydrogens is 262 g/mol. The van der Waals surface area contributed by atoms with Crippen molar-refractivity contribution in [1.82, 2.24) is 0 Å². The van der Waals surface area contributed by atoms with E-state index in [4.69, 9.17) is 5.73 Å². The summed E-state index contributed by atoms with van der Waals surface area (Å²) in [5.74, 6) is 0.195. The number of carbonyl (C=O) groups is 1. The Balaban J connectivity index is 2.21. The van der Waals surface area contributed by atoms with Gasteiger partial charge in [-0.15, -0.1) is 15.7 Å². The van der Waals surface area contributed by atoms with Crippen LogP contribution in [0.2, 0.25) is 0 Å². The normalized spacial score (nSPS) is 21.2. The third-order valence-electron chi connectivity index (χ3n) is 2.80. The van der Waals surface area contributed by atoms with E-state index in [2.05, 4.69) is 9.12 Å². The number of thiophene rings is 1. The van der Waals surface area contributed by atoms with Gasteiger partial charge in [-0.25, -0.2) is 0 Å². The summed E-state index contributed by atoms with van der Waals surface area (Å²) >= 11 is 1.28. The second-order valence-electron chi connectivity index (χ2n) is 3.98. The van der Waals surface area contributed by atoms with Crippen LogP contribution in [-0.2, 0) is 27.8 Å². The molecule has 90 valence electrons. The fraction of sp³-hybridized carbons (Fsp3) is 0.333. The first-order valence-electron chi connectivity index (χ1n) is 5.01. The minimum atomic E-state index is -3.72. The van der Waals surface area contributed by atoms with E-state index in [1.165, 1.54) is 11.3 Å². The third kappa shape index (κ3) is 1.64. The van der Waals surface area contributed by atoms with Crippen molar-refractivity contribution in [3.05, 3.63) is 16.0 Å². The monoisotopic (exact) mass is 271 g/mol. The quantitative estimate of drug-likeness (QED) is 0.702. The smallest absolute Gasteiger partial charge is 0.344 e. The van der Waals surface area contributed by atoms with Crippen LogP contribution in [0.1, 0.15) is 22.4 Å². The number of hydrogen-bond acceptors (Lipinski definition) is 5. The van der Waals surface area contributed by atoms with Gasteiger partial charge in [0.25, 0.3) is 0 Å². The average Bonchev–Trinajstić information content (AvgIpc) is 2.52. The summed E-state index contributed by atoms with van der Waals surface area (Å²) in [6.45, 7) is 0. The number of ketones is 1. The molecular formula is C9H9N3O3S2. The molecule has 0 fully saturated rings. The first kappa shape index (κ1) is 10.7. The fourth-order valence-corrected chi connectivity index (χ4v) is 4.46. The Morgan fingerprint density at radius 3 is 2.88 bits per heavy atom. The number of amidine groups is 1. The summed E-state index contributed by atoms with van der Waals surface area (Å²) in [6, 6.07) is 0. The maximum atomic E-state index is 11.4. The van der Waals surface area contributed by atoms with Gasteiger partial charge in [0.2, 0.25) is 0 Å². The molecule has 17 heavy (non-hydrogen) atoms. The zero-order chi connectivity index (χ0) is 12.2. The molecule has 3 rings (SSSR count). The lowest BCUT2D eigenvalue weighted by atomic mass is 9.94. The predicted molar refractivity (Wildman–Crippen MR) is 64.6 cm³/mol. The van der Waals surface area contributed by atoms with Gasteiger partial charge in [-0.1, -0.05) is 0 Å². The maximum absolute atomic E-state index is 11.4. The summed E-state index contributed by atoms with van der Waals surface area (Å²) in [5, 5.41) is 0.484. The van der Waals surface area contributed by atoms with Crippen molar-refractivity contribution in [2.45, 2.75) is 19.3 Å². The summed E-state index contributed by atoms with van der Waals surface area (Å²) in [4.78, 5) is 12.3. The van der Waals surface area contributed by atoms with Crippen LogP contribution in [0.3, 0.4) is 0 Å². The van der Waals surface area contributed by atoms with Crippen LogP contribution in [0.5, 0.6) is 0 Å². The summed E-state index contributed by atoms with van der Waals surface area (Å²) in [7, 11) is -3.72. The topological polar surface area (TPSA) is 102 Å². The van der Waals surface area contributed by atoms with E-state index >= 15 is 0 Å². The van der Waals surface area contributed by atoms with Gasteiger partial charge in [0, 0.05) is 17.7 Å². The molecule has 6 nitrogen and oxygen atoms in total. The molecule has 8 heteroatoms. The molecule has 2 aliphatic rings. The van der Waals surface area contributed by atoms with Crippen molar-refractivity contribution in [1.29, 1.82) is 0 Å². The van der Waals surface area contributed by atoms with Gasteiger partial charge in [0.05, 0.1) is 5.56 Å². The van der Waals surface area contributed by atoms with Crippen LogP contribution in [-0.4, -0.2) is 20.0 Å². The predicted octanol–water partition coefficient (Wildman–Crippen LogP) is 0.181. The number of hydrogen-bond donors (Lipinski definition) is 2. The number of nitrogens with one attached hydrogen (secondary N) is 1. The second-order valence-corrected chi connectivity index (χ2v) is 6.42. The Hall–Kier alpha value is -1.41. The van der Waals surface area contributed by atoms with Crippen LogP contribution < -0.4 is 10.5 Å². The van der Waals surface area contributed by atoms with E-state index in [1.54, 1.807) is 0 Å². The van der Waals surface area contributed by atoms with Gasteiger partial charge < -0.3 is 5.73 Å². The van der Waals surface area contributed by atoms with Crippen LogP contribution in [0.15, 0.2) is 4.40 Å². The molecule has 0 radical (unpaired) electrons. The maximum Gasteiger partial charge on any atom is 0.344 e. The Labute approximate surface area is 102 Å². The molecule has 0 saturated heterocycles. The van der Waals surface area contributed by atoms with Crippen LogP contribution >= 0.6 is 11.3 Å². The lowest BCUT2D eigenvalue weighted by molar-refractivity contribution is -0.118. The molecule has 1 aromatic heterocycles. The van der Waals surface area contributed by atoms with Crippen LogP contribution in [0, 0.1) is 0 Å². The molecule has 1 aliphatic heterocycles. The van der Waals surface area contributed by atoms with Gasteiger partial charge in [0.15, 0.2) is 0 Å². The molecule has 0 bridgehead atoms. The number of Topliss-reactive ketones (excluding diaryl/α,β-unsaturated/α-hetero) is 1. The largest absolute Gasteiger partial charge is 0.382 e. The highest BCUT2D eigenvalue weighted by Gasteiger charge is 2.31. The first-order valence-corrected chi connectivity index (χ1v) is 7.27. The molecule has 0 saturated carbocycles. The Kier molecular flexibility index (Phi) is 2.08. The number of fused-ring (bicyclic) bond motifs is 3. The van der Waals surface area contributed by atoms with Crippen molar-refractivity contribution in [2.75, 3.05) is 4.72 Å². The van der Waals surface area contributed by atoms with E-state index in [-0.39, 0.29) is 11.6 Å². The molecule has 1 aromatic rings. The number of anilines is 1. The lowest BCUT2D eigenvalue weighted by Gasteiger charge is -2.14. The molecule has 2 heterocycles. The minimum Gasteiger partial charge on any atom is -0.382 e. The van der Waals surface area contributed by atoms with E-state index < -0.39 is 10.2 Å². The van der Waals surface area contributed by atoms with Crippen molar-refractivity contribution in [2.24, 2.45) is 10.1 Å². The van der Waals surface area contributed by atoms with E-state index in [1.807, 2.05) is 0 Å². The standard InChI is InChI=1S/C9H9N3O3S2/c10-8-7-5-2-1-4(13)3-6(5)16-9(7)12-17(14,15)11-8/h12H,1-3H2,(H2,10,11). The molecule has 0 unspecified atom stereocenters. The van der Waals surface area contributed by atoms with Gasteiger partial charge in [-0.05, 0) is 12.0 Å². The highest BCUT2D eigenvalue weighted by atomic mass is 32.2. The SMILES string of the molecule is NC1=NS(=O)(=O)Nc2sc3c(c21)CCC(=O)C3. The Morgan fingerprint density at radius 1 is 1.35 bits per heavy atom. The van der Waals surface area contributed by atoms with Crippen LogP contribution in [0.25, 0.3) is 0 Å². The van der Waals surface area contributed by atoms with E-state index in [9.17, 15) is 13.2 Å². The van der Waals surface area contributed by atoms with Crippen molar-refractivity contribution in [3.63, 3.8) is 0 Å². The Bertz CT molecular complexity index is 657. The van der Waals surface area contributed by atoms with Crippen LogP contribution in [0.4, 0.5) is 5.00 Å². The third-order valence-corrected chi connectivity index (χ3v) is 4.97. The molecule has 3 N–H and O–H groups in total. The number of nitrogens with two attached hydrogens (primary N) is 1. The van der Waals surface area contributed by atoms with Crippen molar-refractivity contribution in [3.8, 4) is 0 Å². The van der Waals surface area contributed by atoms with Gasteiger partial charge >= 0.3 is 10.2 Å². The molecule has 0 spiro atoms. The highest BCUT2D eigenvalue weighted by Crippen LogP contribution is 2.39. The van der Waals surface area contributed by atoms with Gasteiger partial charge in [-0.3, -0.25) is 9.52 Å². The lowest BCUT2D eigenvalue weighted by Crippen LogP contribution is -2.26. The second kappa shape index (κ2) is 3.30. The summed E-state index contributed by atoms with van der Waals surface area (Å²) in [5.41, 5.74) is 7.30. The first-order chi connectivity index (χ1) is 7.96. The van der Waals surface area contributed by atoms with E-state index in [0.29, 0.717) is 29.8 Å². The Morgan fingerprint density at radius 2 is 2.12 bits per heavy atom. The highest BCUT2D eigenvalue weighted by molar-refractivity contribution is 7.92. The van der Waals surface area contributed by atoms with E-state index in [0.717, 1.165) is 10.4 Å². The minimum absolute atomic E-state index is 0.0191. The molecule has 0 aromatic carbocycles. The van der Waals surface area contributed by atoms with Gasteiger partial charge in [0.1, 0.15) is 16.6 Å². The summed E-state index contributed by atoms with van der Waals surface area (Å²) < 4.78 is 28.5. The fourth-order valence-electron chi connectivity index (χ4n) is 2.11. The number of nitrogens with zero attached hydrogens (tertiary/aromatic N) is 1. The number of carbonyl (C=O) groups excluding carboxylic acids is 1. The molecule has 0 amide bonds. The average molecular weight is 271 g/mol. The summed E-state index contributed by atoms with van der Waals surface area (Å²) in [6.07, 6.45) is 1.45. The zero-order valence-corrected chi connectivity index (χ0v) is 10.3. The molecule has 1 aliphatic carbocycles. The van der Waals surface area contributed by atoms with Crippen molar-refractivity contribution >= 4 is 38.2 Å². The van der Waals surface area contributed by atoms with Crippen molar-refractivity contribution < 1.29 is 13.2 Å². The van der Waals surface area contributed by atoms with Gasteiger partial charge in [-0.2, -0.15) is 8.42 Å². The zero-order valence-electron chi connectivity index (χ0n) is 8.69. The molecule has 0 atom stereocenters.